The van der Waals surface area contributed by atoms with E-state index in [1.807, 2.05) is 0 Å². The predicted octanol–water partition coefficient (Wildman–Crippen LogP) is 0.271. The molecule has 1 atom stereocenters. The number of hydrogen-bond acceptors (Lipinski definition) is 8. The summed E-state index contributed by atoms with van der Waals surface area (Å²) in [6, 6.07) is 0. The van der Waals surface area contributed by atoms with Crippen molar-refractivity contribution in [3.8, 4) is 0 Å². The van der Waals surface area contributed by atoms with Gasteiger partial charge in [0.25, 0.3) is 20.2 Å². The average molecular weight is 369 g/mol. The molecule has 116 valence electrons. The minimum Gasteiger partial charge on any atom is -0.463 e. The van der Waals surface area contributed by atoms with E-state index in [1.165, 1.54) is 6.08 Å². The van der Waals surface area contributed by atoms with Gasteiger partial charge in [0.2, 0.25) is 5.08 Å². The molecule has 0 saturated carbocycles. The van der Waals surface area contributed by atoms with Gasteiger partial charge in [0.05, 0.1) is 6.61 Å². The molecule has 1 rings (SSSR count). The van der Waals surface area contributed by atoms with Crippen LogP contribution in [0.25, 0.3) is 0 Å². The van der Waals surface area contributed by atoms with Gasteiger partial charge in [-0.15, -0.1) is 0 Å². The summed E-state index contributed by atoms with van der Waals surface area (Å²) in [6.07, 6.45) is -0.109. The fourth-order valence-electron chi connectivity index (χ4n) is 1.14. The second-order valence-electron chi connectivity index (χ2n) is 3.55. The van der Waals surface area contributed by atoms with Gasteiger partial charge in [0, 0.05) is 6.42 Å². The lowest BCUT2D eigenvalue weighted by atomic mass is 10.4. The highest BCUT2D eigenvalue weighted by molar-refractivity contribution is 8.03. The summed E-state index contributed by atoms with van der Waals surface area (Å²) in [5.41, 5.74) is 0. The molecule has 1 fully saturated rings. The summed E-state index contributed by atoms with van der Waals surface area (Å²) in [5, 5.41) is -1.35. The Labute approximate surface area is 125 Å². The van der Waals surface area contributed by atoms with Gasteiger partial charge in [-0.3, -0.25) is 8.37 Å². The number of ether oxygens (including phenoxy) is 1. The lowest BCUT2D eigenvalue weighted by Crippen LogP contribution is -2.31. The van der Waals surface area contributed by atoms with Crippen LogP contribution < -0.4 is 0 Å². The first-order valence-electron chi connectivity index (χ1n) is 5.07. The zero-order valence-corrected chi connectivity index (χ0v) is 13.0. The van der Waals surface area contributed by atoms with Crippen molar-refractivity contribution in [1.29, 1.82) is 0 Å². The maximum absolute atomic E-state index is 11.5. The molecule has 0 amide bonds. The lowest BCUT2D eigenvalue weighted by molar-refractivity contribution is -0.152. The summed E-state index contributed by atoms with van der Waals surface area (Å²) < 4.78 is 58.2. The maximum atomic E-state index is 11.5. The summed E-state index contributed by atoms with van der Waals surface area (Å²) >= 11 is 10.7. The fraction of sp³-hybridized carbons (Fsp3) is 0.625. The number of rotatable bonds is 4. The van der Waals surface area contributed by atoms with Crippen LogP contribution in [0, 0.1) is 0 Å². The van der Waals surface area contributed by atoms with Crippen LogP contribution in [-0.4, -0.2) is 47.2 Å². The molecule has 0 aromatic rings. The van der Waals surface area contributed by atoms with Crippen molar-refractivity contribution in [2.24, 2.45) is 0 Å². The van der Waals surface area contributed by atoms with E-state index in [-0.39, 0.29) is 17.5 Å². The van der Waals surface area contributed by atoms with E-state index in [9.17, 15) is 21.6 Å². The second-order valence-corrected chi connectivity index (χ2v) is 8.16. The molecule has 1 heterocycles. The van der Waals surface area contributed by atoms with Gasteiger partial charge in [0.15, 0.2) is 6.10 Å². The highest BCUT2D eigenvalue weighted by atomic mass is 35.5. The van der Waals surface area contributed by atoms with E-state index < -0.39 is 44.0 Å². The van der Waals surface area contributed by atoms with E-state index >= 15 is 0 Å². The summed E-state index contributed by atoms with van der Waals surface area (Å²) in [7, 11) is -8.73. The highest BCUT2D eigenvalue weighted by Gasteiger charge is 2.37. The monoisotopic (exact) mass is 368 g/mol. The van der Waals surface area contributed by atoms with Gasteiger partial charge in [-0.2, -0.15) is 16.8 Å². The van der Waals surface area contributed by atoms with Crippen LogP contribution in [0.5, 0.6) is 0 Å². The molecule has 0 radical (unpaired) electrons. The quantitative estimate of drug-likeness (QED) is 0.394. The highest BCUT2D eigenvalue weighted by Crippen LogP contribution is 2.14. The largest absolute Gasteiger partial charge is 0.463 e. The Bertz CT molecular complexity index is 590. The third-order valence-corrected chi connectivity index (χ3v) is 5.51. The van der Waals surface area contributed by atoms with Crippen LogP contribution in [-0.2, 0) is 38.1 Å². The van der Waals surface area contributed by atoms with Crippen molar-refractivity contribution in [1.82, 2.24) is 0 Å². The van der Waals surface area contributed by atoms with Crippen LogP contribution in [0.4, 0.5) is 0 Å². The van der Waals surface area contributed by atoms with E-state index in [4.69, 9.17) is 23.2 Å². The molecule has 1 aliphatic rings. The van der Waals surface area contributed by atoms with Gasteiger partial charge in [-0.1, -0.05) is 29.3 Å². The Balaban J connectivity index is 2.62. The smallest absolute Gasteiger partial charge is 0.339 e. The third kappa shape index (κ3) is 6.37. The van der Waals surface area contributed by atoms with Crippen molar-refractivity contribution in [2.75, 3.05) is 18.3 Å². The van der Waals surface area contributed by atoms with Gasteiger partial charge in [0.1, 0.15) is 11.1 Å². The second kappa shape index (κ2) is 7.05. The first-order chi connectivity index (χ1) is 9.11. The van der Waals surface area contributed by atoms with Crippen molar-refractivity contribution in [3.63, 3.8) is 0 Å². The molecule has 1 aliphatic heterocycles. The molecule has 0 bridgehead atoms. The van der Waals surface area contributed by atoms with Crippen molar-refractivity contribution in [2.45, 2.75) is 12.5 Å². The molecule has 0 aliphatic carbocycles. The number of carbonyl (C=O) groups excluding carboxylic acids is 1. The van der Waals surface area contributed by atoms with E-state index in [0.717, 1.165) is 0 Å². The molecule has 8 nitrogen and oxygen atoms in total. The molecule has 1 saturated heterocycles. The zero-order chi connectivity index (χ0) is 15.4. The van der Waals surface area contributed by atoms with Crippen molar-refractivity contribution in [3.05, 3.63) is 10.6 Å². The first-order valence-corrected chi connectivity index (χ1v) is 8.98. The molecule has 12 heteroatoms. The minimum atomic E-state index is -4.43. The van der Waals surface area contributed by atoms with Crippen LogP contribution in [0.2, 0.25) is 0 Å². The standard InChI is InChI=1S/C8H10Cl2O8S2/c9-7(10)2-1-3-16-8(11)6-4-17-19(12,13)5-20(14,15)18-6/h2,6H,1,3-5H2. The van der Waals surface area contributed by atoms with Crippen molar-refractivity contribution < 1.29 is 34.7 Å². The molecule has 0 aromatic heterocycles. The Morgan fingerprint density at radius 3 is 2.50 bits per heavy atom. The van der Waals surface area contributed by atoms with Gasteiger partial charge >= 0.3 is 5.97 Å². The normalized spacial score (nSPS) is 24.4. The first kappa shape index (κ1) is 17.7. The number of esters is 1. The van der Waals surface area contributed by atoms with Crippen LogP contribution >= 0.6 is 23.2 Å². The number of hydrogen-bond donors (Lipinski definition) is 0. The maximum Gasteiger partial charge on any atom is 0.339 e. The van der Waals surface area contributed by atoms with Crippen molar-refractivity contribution >= 4 is 49.4 Å². The number of carbonyl (C=O) groups is 1. The average Bonchev–Trinajstić information content (AvgIpc) is 2.38. The molecule has 0 N–H and O–H groups in total. The summed E-state index contributed by atoms with van der Waals surface area (Å²) in [4.78, 5) is 11.5. The fourth-order valence-corrected chi connectivity index (χ4v) is 4.08. The molecule has 0 spiro atoms. The predicted molar refractivity (Wildman–Crippen MR) is 68.9 cm³/mol. The summed E-state index contributed by atoms with van der Waals surface area (Å²) in [6.45, 7) is -0.902. The summed E-state index contributed by atoms with van der Waals surface area (Å²) in [5.74, 6) is -1.07. The molecular formula is C8H10Cl2O8S2. The Morgan fingerprint density at radius 1 is 1.25 bits per heavy atom. The Hall–Kier alpha value is -0.390. The SMILES string of the molecule is O=C(OCCC=C(Cl)Cl)C1COS(=O)(=O)CS(=O)(=O)O1. The third-order valence-electron chi connectivity index (χ3n) is 1.87. The topological polar surface area (TPSA) is 113 Å². The van der Waals surface area contributed by atoms with E-state index in [1.54, 1.807) is 0 Å². The van der Waals surface area contributed by atoms with Crippen LogP contribution in [0.15, 0.2) is 10.6 Å². The lowest BCUT2D eigenvalue weighted by Gasteiger charge is -2.11. The van der Waals surface area contributed by atoms with E-state index in [0.29, 0.717) is 0 Å². The molecule has 0 aromatic carbocycles. The van der Waals surface area contributed by atoms with Crippen LogP contribution in [0.1, 0.15) is 6.42 Å². The molecule has 1 unspecified atom stereocenters. The number of halogens is 2. The van der Waals surface area contributed by atoms with Gasteiger partial charge < -0.3 is 4.74 Å². The van der Waals surface area contributed by atoms with Crippen LogP contribution in [0.3, 0.4) is 0 Å². The molecule has 20 heavy (non-hydrogen) atoms. The zero-order valence-electron chi connectivity index (χ0n) is 9.82. The minimum absolute atomic E-state index is 0.0104. The van der Waals surface area contributed by atoms with E-state index in [2.05, 4.69) is 13.1 Å². The van der Waals surface area contributed by atoms with Gasteiger partial charge in [-0.05, 0) is 0 Å². The molecular weight excluding hydrogens is 359 g/mol. The Morgan fingerprint density at radius 2 is 1.90 bits per heavy atom. The van der Waals surface area contributed by atoms with Gasteiger partial charge in [-0.25, -0.2) is 4.79 Å². The Kier molecular flexibility index (Phi) is 6.23.